The number of nitrogens with zero attached hydrogens (tertiary/aromatic N) is 2. The largest absolute Gasteiger partial charge is 0.329 e. The van der Waals surface area contributed by atoms with Gasteiger partial charge in [-0.2, -0.15) is 0 Å². The number of pyridine rings is 1. The predicted octanol–water partition coefficient (Wildman–Crippen LogP) is 4.15. The molecule has 2 heterocycles. The fraction of sp³-hybridized carbons (Fsp3) is 0.571. The van der Waals surface area contributed by atoms with Crippen molar-refractivity contribution in [3.63, 3.8) is 0 Å². The zero-order valence-corrected chi connectivity index (χ0v) is 11.8. The second kappa shape index (κ2) is 4.50. The Bertz CT molecular complexity index is 625. The van der Waals surface area contributed by atoms with Crippen LogP contribution in [0.15, 0.2) is 12.3 Å². The van der Waals surface area contributed by atoms with E-state index < -0.39 is 0 Å². The minimum atomic E-state index is 0.509. The van der Waals surface area contributed by atoms with Crippen molar-refractivity contribution in [2.24, 2.45) is 5.92 Å². The lowest BCUT2D eigenvalue weighted by Crippen LogP contribution is -2.21. The van der Waals surface area contributed by atoms with Gasteiger partial charge in [0.2, 0.25) is 0 Å². The van der Waals surface area contributed by atoms with Gasteiger partial charge in [0.05, 0.1) is 5.52 Å². The van der Waals surface area contributed by atoms with E-state index in [2.05, 4.69) is 34.4 Å². The number of H-pyrrole nitrogens is 1. The van der Waals surface area contributed by atoms with Crippen LogP contribution < -0.4 is 0 Å². The van der Waals surface area contributed by atoms with Gasteiger partial charge in [0.1, 0.15) is 0 Å². The van der Waals surface area contributed by atoms with Crippen molar-refractivity contribution in [3.8, 4) is 0 Å². The molecule has 0 amide bonds. The minimum Gasteiger partial charge on any atom is -0.329 e. The van der Waals surface area contributed by atoms with E-state index in [1.54, 1.807) is 0 Å². The molecule has 0 bridgehead atoms. The van der Waals surface area contributed by atoms with Crippen molar-refractivity contribution >= 4 is 23.4 Å². The van der Waals surface area contributed by atoms with E-state index in [1.165, 1.54) is 31.2 Å². The number of aryl methyl sites for hydroxylation is 1. The molecule has 18 heavy (non-hydrogen) atoms. The molecule has 2 aromatic rings. The van der Waals surface area contributed by atoms with Crippen molar-refractivity contribution in [2.75, 3.05) is 0 Å². The molecule has 0 radical (unpaired) electrons. The number of imidazole rings is 1. The van der Waals surface area contributed by atoms with Gasteiger partial charge in [-0.1, -0.05) is 19.8 Å². The van der Waals surface area contributed by atoms with E-state index in [0.717, 1.165) is 15.9 Å². The van der Waals surface area contributed by atoms with Crippen molar-refractivity contribution < 1.29 is 0 Å². The van der Waals surface area contributed by atoms with E-state index in [-0.39, 0.29) is 0 Å². The molecule has 0 aliphatic heterocycles. The zero-order valence-electron chi connectivity index (χ0n) is 10.9. The molecule has 1 fully saturated rings. The van der Waals surface area contributed by atoms with E-state index >= 15 is 0 Å². The van der Waals surface area contributed by atoms with Crippen LogP contribution in [0.4, 0.5) is 0 Å². The third-order valence-corrected chi connectivity index (χ3v) is 4.39. The lowest BCUT2D eigenvalue weighted by molar-refractivity contribution is 0.259. The maximum absolute atomic E-state index is 5.50. The summed E-state index contributed by atoms with van der Waals surface area (Å²) in [6.45, 7) is 4.39. The molecular weight excluding hydrogens is 242 g/mol. The van der Waals surface area contributed by atoms with Crippen LogP contribution in [0.1, 0.15) is 44.2 Å². The van der Waals surface area contributed by atoms with Gasteiger partial charge >= 0.3 is 0 Å². The maximum Gasteiger partial charge on any atom is 0.179 e. The minimum absolute atomic E-state index is 0.509. The van der Waals surface area contributed by atoms with E-state index in [0.29, 0.717) is 12.0 Å². The lowest BCUT2D eigenvalue weighted by atomic mass is 9.86. The van der Waals surface area contributed by atoms with Gasteiger partial charge < -0.3 is 4.98 Å². The normalized spacial score (nSPS) is 24.6. The Kier molecular flexibility index (Phi) is 2.98. The van der Waals surface area contributed by atoms with Gasteiger partial charge in [-0.05, 0) is 49.5 Å². The molecule has 0 saturated heterocycles. The summed E-state index contributed by atoms with van der Waals surface area (Å²) in [5, 5.41) is 0. The number of aromatic nitrogens is 3. The van der Waals surface area contributed by atoms with Gasteiger partial charge in [0, 0.05) is 12.2 Å². The molecule has 2 atom stereocenters. The summed E-state index contributed by atoms with van der Waals surface area (Å²) < 4.78 is 3.07. The molecule has 1 N–H and O–H groups in total. The van der Waals surface area contributed by atoms with Crippen LogP contribution in [0.3, 0.4) is 0 Å². The number of hydrogen-bond acceptors (Lipinski definition) is 2. The smallest absolute Gasteiger partial charge is 0.179 e. The van der Waals surface area contributed by atoms with Crippen LogP contribution in [-0.2, 0) is 0 Å². The highest BCUT2D eigenvalue weighted by molar-refractivity contribution is 7.71. The molecule has 1 aliphatic rings. The monoisotopic (exact) mass is 261 g/mol. The van der Waals surface area contributed by atoms with Crippen LogP contribution in [0.25, 0.3) is 11.2 Å². The first-order valence-electron chi connectivity index (χ1n) is 6.73. The van der Waals surface area contributed by atoms with Crippen LogP contribution in [0, 0.1) is 17.6 Å². The molecule has 4 heteroatoms. The molecule has 3 nitrogen and oxygen atoms in total. The van der Waals surface area contributed by atoms with Crippen LogP contribution in [-0.4, -0.2) is 14.5 Å². The van der Waals surface area contributed by atoms with E-state index in [4.69, 9.17) is 12.2 Å². The van der Waals surface area contributed by atoms with Gasteiger partial charge in [-0.3, -0.25) is 4.57 Å². The Hall–Kier alpha value is -1.16. The summed E-state index contributed by atoms with van der Waals surface area (Å²) in [5.74, 6) is 0.688. The SMILES string of the molecule is Cc1cnc2c(c1)[nH]c(=S)n2C1CCCCC1C. The number of rotatable bonds is 1. The first kappa shape index (κ1) is 11.9. The average Bonchev–Trinajstić information content (AvgIpc) is 2.65. The zero-order chi connectivity index (χ0) is 12.7. The Morgan fingerprint density at radius 2 is 2.17 bits per heavy atom. The molecule has 2 unspecified atom stereocenters. The molecule has 1 saturated carbocycles. The Morgan fingerprint density at radius 3 is 2.94 bits per heavy atom. The lowest BCUT2D eigenvalue weighted by Gasteiger charge is -2.29. The second-order valence-corrected chi connectivity index (χ2v) is 5.90. The fourth-order valence-electron chi connectivity index (χ4n) is 3.11. The summed E-state index contributed by atoms with van der Waals surface area (Å²) in [6, 6.07) is 2.64. The number of nitrogens with one attached hydrogen (secondary N) is 1. The molecule has 0 aromatic carbocycles. The third-order valence-electron chi connectivity index (χ3n) is 4.09. The number of hydrogen-bond donors (Lipinski definition) is 1. The van der Waals surface area contributed by atoms with Gasteiger partial charge in [0.15, 0.2) is 10.4 Å². The highest BCUT2D eigenvalue weighted by atomic mass is 32.1. The molecule has 0 spiro atoms. The molecular formula is C14H19N3S. The van der Waals surface area contributed by atoms with Gasteiger partial charge in [-0.25, -0.2) is 4.98 Å². The highest BCUT2D eigenvalue weighted by Crippen LogP contribution is 2.35. The molecule has 2 aromatic heterocycles. The van der Waals surface area contributed by atoms with Gasteiger partial charge in [0.25, 0.3) is 0 Å². The Morgan fingerprint density at radius 1 is 1.39 bits per heavy atom. The topological polar surface area (TPSA) is 33.6 Å². The number of fused-ring (bicyclic) bond motifs is 1. The second-order valence-electron chi connectivity index (χ2n) is 5.51. The molecule has 96 valence electrons. The van der Waals surface area contributed by atoms with Crippen molar-refractivity contribution in [2.45, 2.75) is 45.6 Å². The summed E-state index contributed by atoms with van der Waals surface area (Å²) in [7, 11) is 0. The molecule has 1 aliphatic carbocycles. The van der Waals surface area contributed by atoms with Crippen molar-refractivity contribution in [1.29, 1.82) is 0 Å². The third kappa shape index (κ3) is 1.88. The van der Waals surface area contributed by atoms with Gasteiger partial charge in [-0.15, -0.1) is 0 Å². The summed E-state index contributed by atoms with van der Waals surface area (Å²) >= 11 is 5.50. The fourth-order valence-corrected chi connectivity index (χ4v) is 3.44. The summed E-state index contributed by atoms with van der Waals surface area (Å²) in [4.78, 5) is 7.88. The predicted molar refractivity (Wildman–Crippen MR) is 76.3 cm³/mol. The number of aromatic amines is 1. The van der Waals surface area contributed by atoms with E-state index in [1.807, 2.05) is 6.20 Å². The summed E-state index contributed by atoms with van der Waals surface area (Å²) in [5.41, 5.74) is 3.25. The Labute approximate surface area is 112 Å². The summed E-state index contributed by atoms with van der Waals surface area (Å²) in [6.07, 6.45) is 7.09. The van der Waals surface area contributed by atoms with Crippen LogP contribution >= 0.6 is 12.2 Å². The molecule has 3 rings (SSSR count). The Balaban J connectivity index is 2.16. The van der Waals surface area contributed by atoms with Crippen molar-refractivity contribution in [3.05, 3.63) is 22.6 Å². The standard InChI is InChI=1S/C14H19N3S/c1-9-7-11-13(15-8-9)17(14(18)16-11)12-6-4-3-5-10(12)2/h7-8,10,12H,3-6H2,1-2H3,(H,16,18). The quantitative estimate of drug-likeness (QED) is 0.782. The van der Waals surface area contributed by atoms with E-state index in [9.17, 15) is 0 Å². The first-order chi connectivity index (χ1) is 8.66. The first-order valence-corrected chi connectivity index (χ1v) is 7.14. The van der Waals surface area contributed by atoms with Crippen molar-refractivity contribution in [1.82, 2.24) is 14.5 Å². The van der Waals surface area contributed by atoms with Crippen LogP contribution in [0.2, 0.25) is 0 Å². The van der Waals surface area contributed by atoms with Crippen LogP contribution in [0.5, 0.6) is 0 Å². The maximum atomic E-state index is 5.50. The highest BCUT2D eigenvalue weighted by Gasteiger charge is 2.25. The average molecular weight is 261 g/mol.